The number of alkyl halides is 3. The zero-order chi connectivity index (χ0) is 15.6. The van der Waals surface area contributed by atoms with Crippen LogP contribution < -0.4 is 10.6 Å². The van der Waals surface area contributed by atoms with E-state index in [2.05, 4.69) is 20.6 Å². The molecular weight excluding hydrogens is 288 g/mol. The topological polar surface area (TPSA) is 49.8 Å². The van der Waals surface area contributed by atoms with Crippen molar-refractivity contribution in [2.24, 2.45) is 0 Å². The van der Waals surface area contributed by atoms with Crippen molar-refractivity contribution in [3.8, 4) is 0 Å². The number of aryl methyl sites for hydroxylation is 1. The molecule has 1 heterocycles. The number of anilines is 3. The molecule has 21 heavy (non-hydrogen) atoms. The smallest absolute Gasteiger partial charge is 0.373 e. The highest BCUT2D eigenvalue weighted by atomic mass is 19.4. The van der Waals surface area contributed by atoms with Gasteiger partial charge in [0.15, 0.2) is 0 Å². The van der Waals surface area contributed by atoms with Gasteiger partial charge in [-0.1, -0.05) is 6.07 Å². The molecule has 0 unspecified atom stereocenters. The molecule has 0 spiro atoms. The first-order valence-corrected chi connectivity index (χ1v) is 5.97. The summed E-state index contributed by atoms with van der Waals surface area (Å²) in [7, 11) is 1.44. The SMILES string of the molecule is CNc1cc(Nc2ccc(C)c(F)c2)nc(C(F)(F)F)n1. The maximum atomic E-state index is 13.4. The van der Waals surface area contributed by atoms with E-state index in [-0.39, 0.29) is 11.6 Å². The minimum atomic E-state index is -4.66. The number of nitrogens with zero attached hydrogens (tertiary/aromatic N) is 2. The van der Waals surface area contributed by atoms with Gasteiger partial charge in [-0.15, -0.1) is 0 Å². The molecule has 4 nitrogen and oxygen atoms in total. The van der Waals surface area contributed by atoms with E-state index < -0.39 is 17.8 Å². The van der Waals surface area contributed by atoms with Crippen LogP contribution in [0.25, 0.3) is 0 Å². The molecule has 2 N–H and O–H groups in total. The number of hydrogen-bond donors (Lipinski definition) is 2. The van der Waals surface area contributed by atoms with Gasteiger partial charge in [-0.3, -0.25) is 0 Å². The van der Waals surface area contributed by atoms with Gasteiger partial charge in [0.2, 0.25) is 5.82 Å². The molecule has 0 aliphatic carbocycles. The normalized spacial score (nSPS) is 11.3. The summed E-state index contributed by atoms with van der Waals surface area (Å²) in [6.45, 7) is 1.59. The number of nitrogens with one attached hydrogen (secondary N) is 2. The highest BCUT2D eigenvalue weighted by Gasteiger charge is 2.35. The fourth-order valence-corrected chi connectivity index (χ4v) is 1.58. The number of hydrogen-bond acceptors (Lipinski definition) is 4. The minimum Gasteiger partial charge on any atom is -0.373 e. The molecule has 112 valence electrons. The molecule has 2 aromatic rings. The molecule has 0 amide bonds. The van der Waals surface area contributed by atoms with Gasteiger partial charge in [0, 0.05) is 18.8 Å². The van der Waals surface area contributed by atoms with Gasteiger partial charge < -0.3 is 10.6 Å². The van der Waals surface area contributed by atoms with Gasteiger partial charge in [-0.05, 0) is 24.6 Å². The molecule has 1 aromatic heterocycles. The third-order valence-corrected chi connectivity index (χ3v) is 2.68. The monoisotopic (exact) mass is 300 g/mol. The molecule has 2 rings (SSSR count). The average Bonchev–Trinajstić information content (AvgIpc) is 2.41. The van der Waals surface area contributed by atoms with Crippen LogP contribution in [-0.4, -0.2) is 17.0 Å². The lowest BCUT2D eigenvalue weighted by Gasteiger charge is -2.11. The number of halogens is 4. The number of rotatable bonds is 3. The zero-order valence-corrected chi connectivity index (χ0v) is 11.2. The second kappa shape index (κ2) is 5.55. The molecule has 0 radical (unpaired) electrons. The predicted octanol–water partition coefficient (Wildman–Crippen LogP) is 3.73. The van der Waals surface area contributed by atoms with E-state index in [9.17, 15) is 17.6 Å². The van der Waals surface area contributed by atoms with Gasteiger partial charge in [0.25, 0.3) is 0 Å². The summed E-state index contributed by atoms with van der Waals surface area (Å²) < 4.78 is 51.5. The largest absolute Gasteiger partial charge is 0.451 e. The quantitative estimate of drug-likeness (QED) is 0.848. The van der Waals surface area contributed by atoms with E-state index in [1.54, 1.807) is 13.0 Å². The van der Waals surface area contributed by atoms with Crippen molar-refractivity contribution in [3.05, 3.63) is 41.5 Å². The molecule has 0 saturated carbocycles. The van der Waals surface area contributed by atoms with Crippen molar-refractivity contribution in [2.45, 2.75) is 13.1 Å². The first-order chi connectivity index (χ1) is 9.79. The standard InChI is InChI=1S/C13H12F4N4/c1-7-3-4-8(5-9(7)14)19-11-6-10(18-2)20-12(21-11)13(15,16)17/h3-6H,1-2H3,(H2,18,19,20,21). The minimum absolute atomic E-state index is 0.00686. The van der Waals surface area contributed by atoms with E-state index in [1.165, 1.54) is 25.2 Å². The molecule has 0 aliphatic heterocycles. The van der Waals surface area contributed by atoms with Crippen LogP contribution >= 0.6 is 0 Å². The van der Waals surface area contributed by atoms with Crippen LogP contribution in [0, 0.1) is 12.7 Å². The summed E-state index contributed by atoms with van der Waals surface area (Å²) in [5, 5.41) is 5.15. The molecule has 1 aromatic carbocycles. The van der Waals surface area contributed by atoms with Gasteiger partial charge >= 0.3 is 6.18 Å². The Bertz CT molecular complexity index is 655. The van der Waals surface area contributed by atoms with Gasteiger partial charge in [0.05, 0.1) is 0 Å². The highest BCUT2D eigenvalue weighted by Crippen LogP contribution is 2.29. The molecule has 0 aliphatic rings. The van der Waals surface area contributed by atoms with E-state index in [0.717, 1.165) is 0 Å². The summed E-state index contributed by atoms with van der Waals surface area (Å²) in [4.78, 5) is 6.73. The van der Waals surface area contributed by atoms with Crippen molar-refractivity contribution < 1.29 is 17.6 Å². The Balaban J connectivity index is 2.36. The summed E-state index contributed by atoms with van der Waals surface area (Å²) in [6.07, 6.45) is -4.66. The van der Waals surface area contributed by atoms with E-state index >= 15 is 0 Å². The van der Waals surface area contributed by atoms with Crippen molar-refractivity contribution >= 4 is 17.3 Å². The Kier molecular flexibility index (Phi) is 3.97. The van der Waals surface area contributed by atoms with Crippen LogP contribution in [0.3, 0.4) is 0 Å². The first-order valence-electron chi connectivity index (χ1n) is 5.97. The Hall–Kier alpha value is -2.38. The second-order valence-corrected chi connectivity index (χ2v) is 4.30. The maximum absolute atomic E-state index is 13.4. The average molecular weight is 300 g/mol. The molecule has 0 atom stereocenters. The first kappa shape index (κ1) is 15.0. The predicted molar refractivity (Wildman–Crippen MR) is 71.0 cm³/mol. The number of benzene rings is 1. The Morgan fingerprint density at radius 1 is 1.05 bits per heavy atom. The fraction of sp³-hybridized carbons (Fsp3) is 0.231. The maximum Gasteiger partial charge on any atom is 0.451 e. The van der Waals surface area contributed by atoms with E-state index in [1.807, 2.05) is 0 Å². The van der Waals surface area contributed by atoms with Crippen molar-refractivity contribution in [3.63, 3.8) is 0 Å². The highest BCUT2D eigenvalue weighted by molar-refractivity contribution is 5.59. The van der Waals surface area contributed by atoms with Crippen LogP contribution in [0.1, 0.15) is 11.4 Å². The Morgan fingerprint density at radius 2 is 1.71 bits per heavy atom. The Labute approximate surface area is 118 Å². The third-order valence-electron chi connectivity index (χ3n) is 2.68. The Morgan fingerprint density at radius 3 is 2.29 bits per heavy atom. The van der Waals surface area contributed by atoms with Crippen molar-refractivity contribution in [1.82, 2.24) is 9.97 Å². The molecule has 0 bridgehead atoms. The zero-order valence-electron chi connectivity index (χ0n) is 11.2. The molecule has 0 saturated heterocycles. The second-order valence-electron chi connectivity index (χ2n) is 4.30. The van der Waals surface area contributed by atoms with Crippen molar-refractivity contribution in [1.29, 1.82) is 0 Å². The van der Waals surface area contributed by atoms with Gasteiger partial charge in [0.1, 0.15) is 17.5 Å². The summed E-state index contributed by atoms with van der Waals surface area (Å²) >= 11 is 0. The van der Waals surface area contributed by atoms with E-state index in [0.29, 0.717) is 11.3 Å². The van der Waals surface area contributed by atoms with Crippen molar-refractivity contribution in [2.75, 3.05) is 17.7 Å². The third kappa shape index (κ3) is 3.59. The lowest BCUT2D eigenvalue weighted by Crippen LogP contribution is -2.13. The number of aromatic nitrogens is 2. The van der Waals surface area contributed by atoms with Crippen LogP contribution in [0.5, 0.6) is 0 Å². The summed E-state index contributed by atoms with van der Waals surface area (Å²) in [5.74, 6) is -1.80. The fourth-order valence-electron chi connectivity index (χ4n) is 1.58. The summed E-state index contributed by atoms with van der Waals surface area (Å²) in [6, 6.07) is 5.55. The molecule has 0 fully saturated rings. The van der Waals surface area contributed by atoms with Crippen LogP contribution in [-0.2, 0) is 6.18 Å². The van der Waals surface area contributed by atoms with Gasteiger partial charge in [-0.25, -0.2) is 14.4 Å². The lowest BCUT2D eigenvalue weighted by molar-refractivity contribution is -0.144. The molecule has 8 heteroatoms. The molecular formula is C13H12F4N4. The lowest BCUT2D eigenvalue weighted by atomic mass is 10.2. The van der Waals surface area contributed by atoms with Crippen LogP contribution in [0.2, 0.25) is 0 Å². The van der Waals surface area contributed by atoms with E-state index in [4.69, 9.17) is 0 Å². The van der Waals surface area contributed by atoms with Crippen LogP contribution in [0.4, 0.5) is 34.9 Å². The van der Waals surface area contributed by atoms with Gasteiger partial charge in [-0.2, -0.15) is 13.2 Å². The van der Waals surface area contributed by atoms with Crippen LogP contribution in [0.15, 0.2) is 24.3 Å². The summed E-state index contributed by atoms with van der Waals surface area (Å²) in [5.41, 5.74) is 0.738.